The topological polar surface area (TPSA) is 97.7 Å². The minimum absolute atomic E-state index is 0.117. The van der Waals surface area contributed by atoms with Gasteiger partial charge in [0.25, 0.3) is 5.91 Å². The van der Waals surface area contributed by atoms with Crippen LogP contribution >= 0.6 is 0 Å². The Morgan fingerprint density at radius 3 is 2.81 bits per heavy atom. The van der Waals surface area contributed by atoms with Gasteiger partial charge in [-0.1, -0.05) is 0 Å². The molecule has 8 nitrogen and oxygen atoms in total. The molecule has 4 rings (SSSR count). The molecule has 0 saturated heterocycles. The Morgan fingerprint density at radius 2 is 2.04 bits per heavy atom. The Kier molecular flexibility index (Phi) is 3.87. The predicted octanol–water partition coefficient (Wildman–Crippen LogP) is 1.46. The summed E-state index contributed by atoms with van der Waals surface area (Å²) in [4.78, 5) is 24.3. The molecule has 1 aromatic carbocycles. The Morgan fingerprint density at radius 1 is 1.27 bits per heavy atom. The molecule has 0 saturated carbocycles. The third-order valence-corrected chi connectivity index (χ3v) is 4.70. The summed E-state index contributed by atoms with van der Waals surface area (Å²) in [6.07, 6.45) is 3.13. The maximum absolute atomic E-state index is 12.7. The Bertz CT molecular complexity index is 1050. The van der Waals surface area contributed by atoms with Crippen LogP contribution in [-0.2, 0) is 6.42 Å². The minimum Gasteiger partial charge on any atom is -0.493 e. The number of carbonyl (C=O) groups excluding carboxylic acids is 1. The lowest BCUT2D eigenvalue weighted by molar-refractivity contribution is 0.0936. The maximum Gasteiger partial charge on any atom is 0.347 e. The van der Waals surface area contributed by atoms with Crippen LogP contribution < -0.4 is 20.5 Å². The highest BCUT2D eigenvalue weighted by Gasteiger charge is 2.26. The summed E-state index contributed by atoms with van der Waals surface area (Å²) >= 11 is 0. The number of amides is 1. The van der Waals surface area contributed by atoms with E-state index in [0.29, 0.717) is 22.7 Å². The average Bonchev–Trinajstić information content (AvgIpc) is 3.23. The number of H-pyrrole nitrogens is 1. The summed E-state index contributed by atoms with van der Waals surface area (Å²) in [6.45, 7) is 0. The molecule has 26 heavy (non-hydrogen) atoms. The molecule has 3 aromatic rings. The van der Waals surface area contributed by atoms with E-state index < -0.39 is 0 Å². The first-order valence-electron chi connectivity index (χ1n) is 8.23. The zero-order valence-corrected chi connectivity index (χ0v) is 14.4. The van der Waals surface area contributed by atoms with Crippen molar-refractivity contribution < 1.29 is 14.3 Å². The van der Waals surface area contributed by atoms with E-state index in [1.165, 1.54) is 10.6 Å². The molecule has 2 heterocycles. The van der Waals surface area contributed by atoms with Crippen LogP contribution in [0.1, 0.15) is 33.9 Å². The van der Waals surface area contributed by atoms with E-state index in [2.05, 4.69) is 15.5 Å². The van der Waals surface area contributed by atoms with Gasteiger partial charge >= 0.3 is 5.69 Å². The highest BCUT2D eigenvalue weighted by atomic mass is 16.5. The van der Waals surface area contributed by atoms with Gasteiger partial charge in [-0.15, -0.1) is 0 Å². The van der Waals surface area contributed by atoms with Gasteiger partial charge in [0.15, 0.2) is 17.1 Å². The molecule has 1 amide bonds. The van der Waals surface area contributed by atoms with E-state index in [1.807, 2.05) is 12.1 Å². The minimum atomic E-state index is -0.377. The number of benzene rings is 1. The van der Waals surface area contributed by atoms with Gasteiger partial charge in [-0.3, -0.25) is 4.79 Å². The lowest BCUT2D eigenvalue weighted by Gasteiger charge is -2.16. The van der Waals surface area contributed by atoms with E-state index in [4.69, 9.17) is 9.47 Å². The van der Waals surface area contributed by atoms with Crippen LogP contribution in [0.5, 0.6) is 11.5 Å². The third kappa shape index (κ3) is 2.59. The largest absolute Gasteiger partial charge is 0.493 e. The van der Waals surface area contributed by atoms with E-state index in [-0.39, 0.29) is 17.6 Å². The highest BCUT2D eigenvalue weighted by molar-refractivity contribution is 5.94. The molecule has 1 atom stereocenters. The van der Waals surface area contributed by atoms with E-state index >= 15 is 0 Å². The molecule has 0 radical (unpaired) electrons. The number of methoxy groups -OCH3 is 2. The van der Waals surface area contributed by atoms with Crippen molar-refractivity contribution in [2.45, 2.75) is 18.9 Å². The van der Waals surface area contributed by atoms with Gasteiger partial charge in [-0.05, 0) is 48.2 Å². The van der Waals surface area contributed by atoms with Crippen LogP contribution in [-0.4, -0.2) is 34.7 Å². The molecule has 0 unspecified atom stereocenters. The number of pyridine rings is 1. The quantitative estimate of drug-likeness (QED) is 0.739. The standard InChI is InChI=1S/C18H18N4O4/c1-25-14-7-10-3-5-13(12(10)8-15(14)26-2)19-17(23)11-4-6-16-20-21-18(24)22(16)9-11/h4,6-9,13H,3,5H2,1-2H3,(H,19,23)(H,21,24)/t13-/m1/s1. The van der Waals surface area contributed by atoms with E-state index in [0.717, 1.165) is 24.0 Å². The van der Waals surface area contributed by atoms with Crippen molar-refractivity contribution in [3.05, 3.63) is 57.6 Å². The Balaban J connectivity index is 1.61. The molecule has 134 valence electrons. The molecule has 0 aliphatic heterocycles. The van der Waals surface area contributed by atoms with Crippen molar-refractivity contribution in [1.29, 1.82) is 0 Å². The van der Waals surface area contributed by atoms with Crippen molar-refractivity contribution in [3.63, 3.8) is 0 Å². The van der Waals surface area contributed by atoms with Crippen LogP contribution in [0.25, 0.3) is 5.65 Å². The molecule has 1 aliphatic rings. The number of carbonyl (C=O) groups is 1. The second-order valence-corrected chi connectivity index (χ2v) is 6.15. The molecule has 0 spiro atoms. The van der Waals surface area contributed by atoms with Gasteiger partial charge in [0.05, 0.1) is 25.8 Å². The maximum atomic E-state index is 12.7. The summed E-state index contributed by atoms with van der Waals surface area (Å²) < 4.78 is 12.0. The Labute approximate surface area is 148 Å². The number of nitrogens with zero attached hydrogens (tertiary/aromatic N) is 2. The van der Waals surface area contributed by atoms with E-state index in [1.54, 1.807) is 26.4 Å². The number of ether oxygens (including phenoxy) is 2. The Hall–Kier alpha value is -3.29. The summed E-state index contributed by atoms with van der Waals surface area (Å²) in [7, 11) is 3.19. The van der Waals surface area contributed by atoms with Crippen molar-refractivity contribution in [1.82, 2.24) is 19.9 Å². The number of rotatable bonds is 4. The lowest BCUT2D eigenvalue weighted by atomic mass is 10.1. The highest BCUT2D eigenvalue weighted by Crippen LogP contribution is 2.39. The van der Waals surface area contributed by atoms with Crippen LogP contribution in [0, 0.1) is 0 Å². The second kappa shape index (κ2) is 6.21. The number of hydrogen-bond acceptors (Lipinski definition) is 5. The third-order valence-electron chi connectivity index (χ3n) is 4.70. The molecule has 8 heteroatoms. The predicted molar refractivity (Wildman–Crippen MR) is 93.9 cm³/mol. The van der Waals surface area contributed by atoms with Crippen molar-refractivity contribution in [2.24, 2.45) is 0 Å². The number of fused-ring (bicyclic) bond motifs is 2. The van der Waals surface area contributed by atoms with Crippen molar-refractivity contribution in [3.8, 4) is 11.5 Å². The first kappa shape index (κ1) is 16.2. The second-order valence-electron chi connectivity index (χ2n) is 6.15. The zero-order valence-electron chi connectivity index (χ0n) is 14.4. The number of aryl methyl sites for hydroxylation is 1. The fraction of sp³-hybridized carbons (Fsp3) is 0.278. The SMILES string of the molecule is COc1cc2c(cc1OC)[C@H](NC(=O)c1ccc3n[nH]c(=O)n3c1)CC2. The van der Waals surface area contributed by atoms with Gasteiger partial charge in [-0.2, -0.15) is 5.10 Å². The first-order chi connectivity index (χ1) is 12.6. The molecule has 1 aliphatic carbocycles. The van der Waals surface area contributed by atoms with Gasteiger partial charge in [0, 0.05) is 6.20 Å². The summed E-state index contributed by atoms with van der Waals surface area (Å²) in [6, 6.07) is 7.03. The zero-order chi connectivity index (χ0) is 18.3. The monoisotopic (exact) mass is 354 g/mol. The summed E-state index contributed by atoms with van der Waals surface area (Å²) in [5, 5.41) is 9.24. The number of nitrogens with one attached hydrogen (secondary N) is 2. The fourth-order valence-corrected chi connectivity index (χ4v) is 3.36. The van der Waals surface area contributed by atoms with Crippen molar-refractivity contribution >= 4 is 11.6 Å². The van der Waals surface area contributed by atoms with Gasteiger partial charge in [0.1, 0.15) is 0 Å². The summed E-state index contributed by atoms with van der Waals surface area (Å²) in [5.74, 6) is 1.08. The van der Waals surface area contributed by atoms with Crippen LogP contribution in [0.2, 0.25) is 0 Å². The molecule has 2 aromatic heterocycles. The smallest absolute Gasteiger partial charge is 0.347 e. The molecule has 2 N–H and O–H groups in total. The number of aromatic amines is 1. The number of aromatic nitrogens is 3. The number of hydrogen-bond donors (Lipinski definition) is 2. The van der Waals surface area contributed by atoms with Gasteiger partial charge in [0.2, 0.25) is 0 Å². The lowest BCUT2D eigenvalue weighted by Crippen LogP contribution is -2.27. The molecular formula is C18H18N4O4. The summed E-state index contributed by atoms with van der Waals surface area (Å²) in [5.41, 5.74) is 2.65. The average molecular weight is 354 g/mol. The van der Waals surface area contributed by atoms with E-state index in [9.17, 15) is 9.59 Å². The first-order valence-corrected chi connectivity index (χ1v) is 8.23. The van der Waals surface area contributed by atoms with Gasteiger partial charge < -0.3 is 14.8 Å². The normalized spacial score (nSPS) is 15.7. The molecular weight excluding hydrogens is 336 g/mol. The van der Waals surface area contributed by atoms with Crippen LogP contribution in [0.3, 0.4) is 0 Å². The molecule has 0 fully saturated rings. The molecule has 0 bridgehead atoms. The van der Waals surface area contributed by atoms with Gasteiger partial charge in [-0.25, -0.2) is 14.3 Å². The fourth-order valence-electron chi connectivity index (χ4n) is 3.36. The van der Waals surface area contributed by atoms with Crippen LogP contribution in [0.4, 0.5) is 0 Å². The van der Waals surface area contributed by atoms with Crippen LogP contribution in [0.15, 0.2) is 35.3 Å². The van der Waals surface area contributed by atoms with Crippen molar-refractivity contribution in [2.75, 3.05) is 14.2 Å².